The Balaban J connectivity index is 1.91. The van der Waals surface area contributed by atoms with Crippen molar-refractivity contribution >= 4 is 33.7 Å². The smallest absolute Gasteiger partial charge is 0.308 e. The first-order valence-corrected chi connectivity index (χ1v) is 7.81. The summed E-state index contributed by atoms with van der Waals surface area (Å²) in [6.07, 6.45) is 1.49. The fourth-order valence-corrected chi connectivity index (χ4v) is 2.88. The number of aromatic nitrogens is 2. The lowest BCUT2D eigenvalue weighted by molar-refractivity contribution is -0.131. The molecule has 0 spiro atoms. The van der Waals surface area contributed by atoms with E-state index in [9.17, 15) is 9.59 Å². The number of hydrogen-bond donors (Lipinski definition) is 0. The van der Waals surface area contributed by atoms with Gasteiger partial charge in [-0.3, -0.25) is 14.2 Å². The van der Waals surface area contributed by atoms with Crippen LogP contribution in [0.3, 0.4) is 0 Å². The van der Waals surface area contributed by atoms with E-state index in [-0.39, 0.29) is 11.7 Å². The van der Waals surface area contributed by atoms with E-state index in [1.165, 1.54) is 17.8 Å². The number of rotatable bonds is 2. The van der Waals surface area contributed by atoms with E-state index >= 15 is 0 Å². The number of hydrogen-bond acceptors (Lipinski definition) is 4. The van der Waals surface area contributed by atoms with Gasteiger partial charge in [0.05, 0.1) is 16.6 Å². The highest BCUT2D eigenvalue weighted by Crippen LogP contribution is 2.28. The molecule has 0 unspecified atom stereocenters. The topological polar surface area (TPSA) is 61.2 Å². The van der Waals surface area contributed by atoms with Gasteiger partial charge in [0.25, 0.3) is 5.91 Å². The van der Waals surface area contributed by atoms with Gasteiger partial charge in [-0.05, 0) is 35.0 Å². The summed E-state index contributed by atoms with van der Waals surface area (Å²) in [5.74, 6) is -0.524. The molecule has 122 valence electrons. The van der Waals surface area contributed by atoms with E-state index in [4.69, 9.17) is 4.74 Å². The third kappa shape index (κ3) is 2.65. The highest BCUT2D eigenvalue weighted by molar-refractivity contribution is 6.06. The number of nitrogens with zero attached hydrogens (tertiary/aromatic N) is 2. The van der Waals surface area contributed by atoms with Crippen LogP contribution < -0.4 is 4.74 Å². The van der Waals surface area contributed by atoms with Crippen LogP contribution in [0.15, 0.2) is 67.0 Å². The van der Waals surface area contributed by atoms with Gasteiger partial charge in [0.2, 0.25) is 0 Å². The Hall–Kier alpha value is -3.47. The number of para-hydroxylation sites is 2. The Labute approximate surface area is 143 Å². The summed E-state index contributed by atoms with van der Waals surface area (Å²) in [4.78, 5) is 28.8. The van der Waals surface area contributed by atoms with Crippen molar-refractivity contribution in [2.75, 3.05) is 0 Å². The minimum atomic E-state index is -0.472. The van der Waals surface area contributed by atoms with E-state index in [0.29, 0.717) is 11.1 Å². The Bertz CT molecular complexity index is 1130. The average Bonchev–Trinajstić information content (AvgIpc) is 3.04. The first-order valence-electron chi connectivity index (χ1n) is 7.81. The Morgan fingerprint density at radius 2 is 1.64 bits per heavy atom. The number of imidazole rings is 1. The Kier molecular flexibility index (Phi) is 3.54. The predicted octanol–water partition coefficient (Wildman–Crippen LogP) is 3.80. The molecule has 0 fully saturated rings. The lowest BCUT2D eigenvalue weighted by Crippen LogP contribution is -2.14. The first kappa shape index (κ1) is 15.1. The maximum Gasteiger partial charge on any atom is 0.308 e. The lowest BCUT2D eigenvalue weighted by atomic mass is 10.1. The summed E-state index contributed by atoms with van der Waals surface area (Å²) in [5.41, 5.74) is 1.75. The number of esters is 1. The van der Waals surface area contributed by atoms with Crippen molar-refractivity contribution in [3.05, 3.63) is 72.6 Å². The zero-order valence-electron chi connectivity index (χ0n) is 13.5. The lowest BCUT2D eigenvalue weighted by Gasteiger charge is -2.11. The van der Waals surface area contributed by atoms with Gasteiger partial charge in [-0.2, -0.15) is 0 Å². The number of benzene rings is 3. The fourth-order valence-electron chi connectivity index (χ4n) is 2.88. The van der Waals surface area contributed by atoms with Crippen LogP contribution in [-0.4, -0.2) is 21.4 Å². The van der Waals surface area contributed by atoms with Gasteiger partial charge in [-0.15, -0.1) is 0 Å². The molecule has 0 bridgehead atoms. The monoisotopic (exact) mass is 330 g/mol. The normalized spacial score (nSPS) is 10.9. The molecule has 25 heavy (non-hydrogen) atoms. The molecular formula is C20H14N2O3. The Morgan fingerprint density at radius 3 is 2.40 bits per heavy atom. The van der Waals surface area contributed by atoms with Crippen molar-refractivity contribution in [3.8, 4) is 5.75 Å². The van der Waals surface area contributed by atoms with E-state index in [1.807, 2.05) is 48.5 Å². The molecule has 0 amide bonds. The van der Waals surface area contributed by atoms with Crippen molar-refractivity contribution in [3.63, 3.8) is 0 Å². The molecule has 0 aliphatic rings. The number of carbonyl (C=O) groups is 2. The zero-order valence-corrected chi connectivity index (χ0v) is 13.5. The minimum absolute atomic E-state index is 0.244. The van der Waals surface area contributed by atoms with Crippen LogP contribution in [0.2, 0.25) is 0 Å². The van der Waals surface area contributed by atoms with Crippen LogP contribution in [-0.2, 0) is 4.79 Å². The van der Waals surface area contributed by atoms with E-state index in [2.05, 4.69) is 4.98 Å². The minimum Gasteiger partial charge on any atom is -0.426 e. The van der Waals surface area contributed by atoms with Gasteiger partial charge in [0.15, 0.2) is 0 Å². The summed E-state index contributed by atoms with van der Waals surface area (Å²) >= 11 is 0. The van der Waals surface area contributed by atoms with Crippen LogP contribution in [0.1, 0.15) is 17.3 Å². The molecule has 0 saturated heterocycles. The molecule has 1 aromatic heterocycles. The second-order valence-electron chi connectivity index (χ2n) is 5.70. The van der Waals surface area contributed by atoms with E-state index in [0.717, 1.165) is 16.3 Å². The van der Waals surface area contributed by atoms with Crippen LogP contribution >= 0.6 is 0 Å². The second-order valence-corrected chi connectivity index (χ2v) is 5.70. The van der Waals surface area contributed by atoms with Gasteiger partial charge in [0.1, 0.15) is 12.1 Å². The molecular weight excluding hydrogens is 316 g/mol. The molecule has 1 heterocycles. The summed E-state index contributed by atoms with van der Waals surface area (Å²) in [5, 5.41) is 1.79. The van der Waals surface area contributed by atoms with Crippen LogP contribution in [0.4, 0.5) is 0 Å². The maximum absolute atomic E-state index is 13.1. The van der Waals surface area contributed by atoms with Gasteiger partial charge >= 0.3 is 5.97 Å². The fraction of sp³-hybridized carbons (Fsp3) is 0.0500. The maximum atomic E-state index is 13.1. The quantitative estimate of drug-likeness (QED) is 0.414. The highest BCUT2D eigenvalue weighted by atomic mass is 16.5. The molecule has 5 nitrogen and oxygen atoms in total. The van der Waals surface area contributed by atoms with Gasteiger partial charge in [-0.25, -0.2) is 4.98 Å². The third-order valence-electron chi connectivity index (χ3n) is 4.00. The van der Waals surface area contributed by atoms with Crippen molar-refractivity contribution in [2.45, 2.75) is 6.92 Å². The van der Waals surface area contributed by atoms with Crippen LogP contribution in [0.25, 0.3) is 21.8 Å². The summed E-state index contributed by atoms with van der Waals surface area (Å²) in [6, 6.07) is 18.4. The van der Waals surface area contributed by atoms with Crippen LogP contribution in [0, 0.1) is 0 Å². The molecule has 3 aromatic carbocycles. The molecule has 0 N–H and O–H groups in total. The summed E-state index contributed by atoms with van der Waals surface area (Å²) < 4.78 is 6.76. The zero-order chi connectivity index (χ0) is 17.4. The van der Waals surface area contributed by atoms with Crippen LogP contribution in [0.5, 0.6) is 5.75 Å². The summed E-state index contributed by atoms with van der Waals surface area (Å²) in [6.45, 7) is 1.32. The number of carbonyl (C=O) groups excluding carboxylic acids is 2. The predicted molar refractivity (Wildman–Crippen MR) is 94.7 cm³/mol. The third-order valence-corrected chi connectivity index (χ3v) is 4.00. The second kappa shape index (κ2) is 5.87. The molecule has 0 radical (unpaired) electrons. The van der Waals surface area contributed by atoms with Crippen molar-refractivity contribution in [2.24, 2.45) is 0 Å². The molecule has 0 aliphatic heterocycles. The van der Waals surface area contributed by atoms with Crippen molar-refractivity contribution in [1.29, 1.82) is 0 Å². The summed E-state index contributed by atoms with van der Waals surface area (Å²) in [7, 11) is 0. The van der Waals surface area contributed by atoms with Gasteiger partial charge in [0, 0.05) is 6.92 Å². The van der Waals surface area contributed by atoms with E-state index in [1.54, 1.807) is 12.1 Å². The molecule has 0 saturated carbocycles. The van der Waals surface area contributed by atoms with Gasteiger partial charge < -0.3 is 4.74 Å². The van der Waals surface area contributed by atoms with Crippen molar-refractivity contribution < 1.29 is 14.3 Å². The average molecular weight is 330 g/mol. The number of fused-ring (bicyclic) bond motifs is 2. The molecule has 5 heteroatoms. The molecule has 0 atom stereocenters. The molecule has 0 aliphatic carbocycles. The highest BCUT2D eigenvalue weighted by Gasteiger charge is 2.19. The Morgan fingerprint density at radius 1 is 0.960 bits per heavy atom. The molecule has 4 aromatic rings. The SMILES string of the molecule is CC(=O)Oc1cc2ccccc2cc1C(=O)n1cnc2ccccc21. The molecule has 4 rings (SSSR count). The van der Waals surface area contributed by atoms with Gasteiger partial charge in [-0.1, -0.05) is 36.4 Å². The largest absolute Gasteiger partial charge is 0.426 e. The van der Waals surface area contributed by atoms with Crippen molar-refractivity contribution in [1.82, 2.24) is 9.55 Å². The standard InChI is InChI=1S/C20H14N2O3/c1-13(23)25-19-11-15-7-3-2-6-14(15)10-16(19)20(24)22-12-21-17-8-4-5-9-18(17)22/h2-12H,1H3. The first-order chi connectivity index (χ1) is 12.1. The van der Waals surface area contributed by atoms with E-state index < -0.39 is 5.97 Å². The number of ether oxygens (including phenoxy) is 1.